The smallest absolute Gasteiger partial charge is 0.338 e. The van der Waals surface area contributed by atoms with Crippen LogP contribution in [-0.4, -0.2) is 56.4 Å². The van der Waals surface area contributed by atoms with Crippen LogP contribution in [-0.2, 0) is 14.3 Å². The molecule has 1 atom stereocenters. The van der Waals surface area contributed by atoms with Crippen LogP contribution in [0.1, 0.15) is 11.6 Å². The molecular weight excluding hydrogens is 446 g/mol. The van der Waals surface area contributed by atoms with Crippen molar-refractivity contribution in [2.45, 2.75) is 10.9 Å². The summed E-state index contributed by atoms with van der Waals surface area (Å²) in [5, 5.41) is 5.56. The Hall–Kier alpha value is -3.66. The Kier molecular flexibility index (Phi) is 6.45. The summed E-state index contributed by atoms with van der Waals surface area (Å²) in [7, 11) is 3.02. The largest absolute Gasteiger partial charge is 0.497 e. The molecule has 0 saturated heterocycles. The van der Waals surface area contributed by atoms with Gasteiger partial charge in [-0.1, -0.05) is 12.1 Å². The van der Waals surface area contributed by atoms with Crippen LogP contribution in [0.25, 0.3) is 0 Å². The van der Waals surface area contributed by atoms with Crippen molar-refractivity contribution in [3.05, 3.63) is 59.3 Å². The van der Waals surface area contributed by atoms with Gasteiger partial charge in [-0.3, -0.25) is 9.69 Å². The molecule has 0 aliphatic carbocycles. The van der Waals surface area contributed by atoms with Gasteiger partial charge >= 0.3 is 12.0 Å². The van der Waals surface area contributed by atoms with Crippen molar-refractivity contribution in [2.24, 2.45) is 0 Å². The van der Waals surface area contributed by atoms with Crippen LogP contribution in [0.15, 0.2) is 58.6 Å². The molecule has 3 amide bonds. The molecule has 2 aromatic rings. The summed E-state index contributed by atoms with van der Waals surface area (Å²) >= 11 is 1.60. The number of nitrogens with one attached hydrogen (secondary N) is 2. The van der Waals surface area contributed by atoms with Gasteiger partial charge in [0.25, 0.3) is 0 Å². The summed E-state index contributed by atoms with van der Waals surface area (Å²) in [6.07, 6.45) is 1.97. The summed E-state index contributed by atoms with van der Waals surface area (Å²) in [5.74, 6) is 0.0623. The van der Waals surface area contributed by atoms with Crippen LogP contribution in [0, 0.1) is 0 Å². The molecule has 172 valence electrons. The zero-order valence-corrected chi connectivity index (χ0v) is 19.2. The number of carbonyl (C=O) groups excluding carboxylic acids is 3. The van der Waals surface area contributed by atoms with Crippen molar-refractivity contribution in [2.75, 3.05) is 38.9 Å². The summed E-state index contributed by atoms with van der Waals surface area (Å²) in [5.41, 5.74) is 1.94. The number of amides is 3. The van der Waals surface area contributed by atoms with Gasteiger partial charge in [-0.25, -0.2) is 9.59 Å². The van der Waals surface area contributed by atoms with E-state index in [1.54, 1.807) is 30.0 Å². The Balaban J connectivity index is 1.56. The number of methoxy groups -OCH3 is 2. The zero-order valence-electron chi connectivity index (χ0n) is 18.3. The lowest BCUT2D eigenvalue weighted by atomic mass is 9.96. The Morgan fingerprint density at radius 2 is 1.82 bits per heavy atom. The van der Waals surface area contributed by atoms with Crippen LogP contribution in [0.2, 0.25) is 0 Å². The van der Waals surface area contributed by atoms with Gasteiger partial charge in [0.15, 0.2) is 0 Å². The molecule has 2 heterocycles. The summed E-state index contributed by atoms with van der Waals surface area (Å²) in [6, 6.07) is 11.4. The molecule has 0 saturated carbocycles. The lowest BCUT2D eigenvalue weighted by molar-refractivity contribution is -0.136. The van der Waals surface area contributed by atoms with Crippen molar-refractivity contribution < 1.29 is 28.6 Å². The normalized spacial score (nSPS) is 17.3. The highest BCUT2D eigenvalue weighted by Gasteiger charge is 2.42. The van der Waals surface area contributed by atoms with E-state index >= 15 is 0 Å². The van der Waals surface area contributed by atoms with Gasteiger partial charge in [0.05, 0.1) is 31.5 Å². The fourth-order valence-corrected chi connectivity index (χ4v) is 4.16. The highest BCUT2D eigenvalue weighted by molar-refractivity contribution is 7.98. The van der Waals surface area contributed by atoms with Crippen molar-refractivity contribution in [1.82, 2.24) is 10.2 Å². The number of cyclic esters (lactones) is 1. The first kappa shape index (κ1) is 22.5. The standard InChI is InChI=1S/C23H23N3O6S/c1-30-15-8-14(9-16(10-15)31-2)24-19(27)11-26-18-12-32-22(28)20(18)21(25-23(26)29)13-4-6-17(33-3)7-5-13/h4-10,21H,11-12H2,1-3H3,(H,24,27)(H,25,29). The molecule has 0 aromatic heterocycles. The minimum atomic E-state index is -0.639. The summed E-state index contributed by atoms with van der Waals surface area (Å²) in [6.45, 7) is -0.361. The Morgan fingerprint density at radius 3 is 2.42 bits per heavy atom. The van der Waals surface area contributed by atoms with E-state index in [4.69, 9.17) is 14.2 Å². The highest BCUT2D eigenvalue weighted by atomic mass is 32.2. The summed E-state index contributed by atoms with van der Waals surface area (Å²) < 4.78 is 15.6. The molecule has 2 aromatic carbocycles. The number of urea groups is 1. The fourth-order valence-electron chi connectivity index (χ4n) is 3.75. The fraction of sp³-hybridized carbons (Fsp3) is 0.261. The third kappa shape index (κ3) is 4.61. The Bertz CT molecular complexity index is 1110. The molecule has 2 aliphatic heterocycles. The van der Waals surface area contributed by atoms with Crippen molar-refractivity contribution in [1.29, 1.82) is 0 Å². The minimum Gasteiger partial charge on any atom is -0.497 e. The van der Waals surface area contributed by atoms with Crippen molar-refractivity contribution in [3.8, 4) is 11.5 Å². The third-order valence-corrected chi connectivity index (χ3v) is 6.13. The van der Waals surface area contributed by atoms with Gasteiger partial charge in [0, 0.05) is 28.8 Å². The monoisotopic (exact) mass is 469 g/mol. The quantitative estimate of drug-likeness (QED) is 0.474. The number of esters is 1. The second kappa shape index (κ2) is 9.45. The average molecular weight is 470 g/mol. The predicted molar refractivity (Wildman–Crippen MR) is 122 cm³/mol. The van der Waals surface area contributed by atoms with E-state index in [0.717, 1.165) is 10.5 Å². The maximum absolute atomic E-state index is 12.9. The molecule has 2 N–H and O–H groups in total. The molecule has 0 radical (unpaired) electrons. The van der Waals surface area contributed by atoms with Crippen LogP contribution in [0.4, 0.5) is 10.5 Å². The number of benzene rings is 2. The average Bonchev–Trinajstić information content (AvgIpc) is 3.21. The number of hydrogen-bond acceptors (Lipinski definition) is 7. The van der Waals surface area contributed by atoms with Gasteiger partial charge in [-0.15, -0.1) is 11.8 Å². The first-order valence-corrected chi connectivity index (χ1v) is 11.3. The van der Waals surface area contributed by atoms with Gasteiger partial charge in [0.2, 0.25) is 5.91 Å². The molecule has 9 nitrogen and oxygen atoms in total. The van der Waals surface area contributed by atoms with Crippen LogP contribution in [0.3, 0.4) is 0 Å². The molecule has 0 bridgehead atoms. The zero-order chi connectivity index (χ0) is 23.5. The van der Waals surface area contributed by atoms with Gasteiger partial charge in [-0.2, -0.15) is 0 Å². The van der Waals surface area contributed by atoms with Gasteiger partial charge < -0.3 is 24.8 Å². The number of thioether (sulfide) groups is 1. The van der Waals surface area contributed by atoms with E-state index in [2.05, 4.69) is 10.6 Å². The molecule has 2 aliphatic rings. The molecular formula is C23H23N3O6S. The number of carbonyl (C=O) groups is 3. The Labute approximate surface area is 195 Å². The van der Waals surface area contributed by atoms with E-state index < -0.39 is 23.9 Å². The van der Waals surface area contributed by atoms with E-state index in [0.29, 0.717) is 28.5 Å². The van der Waals surface area contributed by atoms with Crippen molar-refractivity contribution in [3.63, 3.8) is 0 Å². The van der Waals surface area contributed by atoms with Crippen LogP contribution >= 0.6 is 11.8 Å². The summed E-state index contributed by atoms with van der Waals surface area (Å²) in [4.78, 5) is 40.5. The Morgan fingerprint density at radius 1 is 1.15 bits per heavy atom. The maximum atomic E-state index is 12.9. The first-order chi connectivity index (χ1) is 15.9. The predicted octanol–water partition coefficient (Wildman–Crippen LogP) is 2.94. The lowest BCUT2D eigenvalue weighted by Crippen LogP contribution is -2.49. The molecule has 0 spiro atoms. The van der Waals surface area contributed by atoms with E-state index in [-0.39, 0.29) is 13.2 Å². The van der Waals surface area contributed by atoms with Gasteiger partial charge in [0.1, 0.15) is 24.7 Å². The van der Waals surface area contributed by atoms with Crippen LogP contribution in [0.5, 0.6) is 11.5 Å². The topological polar surface area (TPSA) is 106 Å². The number of rotatable bonds is 7. The maximum Gasteiger partial charge on any atom is 0.338 e. The number of nitrogens with zero attached hydrogens (tertiary/aromatic N) is 1. The molecule has 0 fully saturated rings. The third-order valence-electron chi connectivity index (χ3n) is 5.38. The van der Waals surface area contributed by atoms with E-state index in [9.17, 15) is 14.4 Å². The highest BCUT2D eigenvalue weighted by Crippen LogP contribution is 2.35. The second-order valence-corrected chi connectivity index (χ2v) is 8.21. The van der Waals surface area contributed by atoms with Gasteiger partial charge in [-0.05, 0) is 24.0 Å². The molecule has 1 unspecified atom stereocenters. The second-order valence-electron chi connectivity index (χ2n) is 7.33. The minimum absolute atomic E-state index is 0.0682. The molecule has 4 rings (SSSR count). The SMILES string of the molecule is COc1cc(NC(=O)CN2C(=O)NC(c3ccc(SC)cc3)C3=C2COC3=O)cc(OC)c1. The van der Waals surface area contributed by atoms with E-state index in [1.165, 1.54) is 19.1 Å². The van der Waals surface area contributed by atoms with Crippen molar-refractivity contribution >= 4 is 35.4 Å². The number of ether oxygens (including phenoxy) is 3. The first-order valence-electron chi connectivity index (χ1n) is 10.1. The number of hydrogen-bond donors (Lipinski definition) is 2. The molecule has 33 heavy (non-hydrogen) atoms. The number of anilines is 1. The lowest BCUT2D eigenvalue weighted by Gasteiger charge is -2.32. The molecule has 10 heteroatoms. The van der Waals surface area contributed by atoms with Crippen LogP contribution < -0.4 is 20.1 Å². The van der Waals surface area contributed by atoms with E-state index in [1.807, 2.05) is 30.5 Å².